The summed E-state index contributed by atoms with van der Waals surface area (Å²) in [6.07, 6.45) is 1.59. The van der Waals surface area contributed by atoms with Crippen molar-refractivity contribution < 1.29 is 4.79 Å². The van der Waals surface area contributed by atoms with E-state index in [-0.39, 0.29) is 5.91 Å². The molecule has 0 saturated heterocycles. The van der Waals surface area contributed by atoms with Crippen LogP contribution in [0.25, 0.3) is 0 Å². The summed E-state index contributed by atoms with van der Waals surface area (Å²) in [5.41, 5.74) is 6.09. The Morgan fingerprint density at radius 3 is 2.29 bits per heavy atom. The number of hydrogen-bond donors (Lipinski definition) is 2. The molecule has 0 saturated carbocycles. The third-order valence-corrected chi connectivity index (χ3v) is 3.40. The molecule has 0 aliphatic rings. The van der Waals surface area contributed by atoms with E-state index in [0.29, 0.717) is 13.1 Å². The highest BCUT2D eigenvalue weighted by molar-refractivity contribution is 5.88. The van der Waals surface area contributed by atoms with Gasteiger partial charge < -0.3 is 11.1 Å². The van der Waals surface area contributed by atoms with Crippen LogP contribution < -0.4 is 11.1 Å². The van der Waals surface area contributed by atoms with Crippen LogP contribution in [0.1, 0.15) is 32.3 Å². The van der Waals surface area contributed by atoms with E-state index in [1.807, 2.05) is 30.3 Å². The number of nitrogens with two attached hydrogens (primary N) is 1. The van der Waals surface area contributed by atoms with Crippen LogP contribution in [0.2, 0.25) is 0 Å². The molecule has 1 aromatic rings. The van der Waals surface area contributed by atoms with Gasteiger partial charge in [0, 0.05) is 13.1 Å². The molecule has 0 unspecified atom stereocenters. The Bertz CT molecular complexity index is 344. The van der Waals surface area contributed by atoms with Crippen molar-refractivity contribution in [2.24, 2.45) is 5.73 Å². The second-order valence-corrected chi connectivity index (χ2v) is 4.20. The predicted octanol–water partition coefficient (Wildman–Crippen LogP) is 1.82. The molecule has 0 heterocycles. The van der Waals surface area contributed by atoms with Crippen LogP contribution in [-0.2, 0) is 10.2 Å². The molecule has 1 aromatic carbocycles. The second-order valence-electron chi connectivity index (χ2n) is 4.20. The van der Waals surface area contributed by atoms with Crippen LogP contribution in [0, 0.1) is 0 Å². The number of carbonyl (C=O) groups is 1. The van der Waals surface area contributed by atoms with Crippen molar-refractivity contribution in [2.75, 3.05) is 13.1 Å². The molecule has 0 aliphatic heterocycles. The molecule has 0 radical (unpaired) electrons. The topological polar surface area (TPSA) is 55.1 Å². The molecular weight excluding hydrogens is 212 g/mol. The van der Waals surface area contributed by atoms with Gasteiger partial charge >= 0.3 is 0 Å². The zero-order chi connectivity index (χ0) is 12.7. The van der Waals surface area contributed by atoms with E-state index in [1.54, 1.807) is 0 Å². The van der Waals surface area contributed by atoms with Crippen LogP contribution in [-0.4, -0.2) is 19.0 Å². The Labute approximate surface area is 103 Å². The lowest BCUT2D eigenvalue weighted by atomic mass is 9.75. The Morgan fingerprint density at radius 2 is 1.82 bits per heavy atom. The molecular formula is C14H22N2O. The van der Waals surface area contributed by atoms with Gasteiger partial charge in [-0.3, -0.25) is 4.79 Å². The quantitative estimate of drug-likeness (QED) is 0.789. The molecule has 0 aromatic heterocycles. The fourth-order valence-electron chi connectivity index (χ4n) is 2.22. The van der Waals surface area contributed by atoms with Gasteiger partial charge in [-0.1, -0.05) is 44.2 Å². The van der Waals surface area contributed by atoms with E-state index in [1.165, 1.54) is 0 Å². The molecule has 1 rings (SSSR count). The fraction of sp³-hybridized carbons (Fsp3) is 0.500. The molecule has 94 valence electrons. The normalized spacial score (nSPS) is 11.2. The maximum atomic E-state index is 12.3. The lowest BCUT2D eigenvalue weighted by Gasteiger charge is -2.30. The highest BCUT2D eigenvalue weighted by Crippen LogP contribution is 2.31. The van der Waals surface area contributed by atoms with Gasteiger partial charge in [0.25, 0.3) is 0 Å². The van der Waals surface area contributed by atoms with Crippen LogP contribution in [0.3, 0.4) is 0 Å². The SMILES string of the molecule is CCC(CC)(C(=O)NCCN)c1ccccc1. The molecule has 0 aliphatic carbocycles. The molecule has 1 amide bonds. The summed E-state index contributed by atoms with van der Waals surface area (Å²) >= 11 is 0. The standard InChI is InChI=1S/C14H22N2O/c1-3-14(4-2,13(17)16-11-10-15)12-8-6-5-7-9-12/h5-9H,3-4,10-11,15H2,1-2H3,(H,16,17). The molecule has 3 heteroatoms. The third-order valence-electron chi connectivity index (χ3n) is 3.40. The summed E-state index contributed by atoms with van der Waals surface area (Å²) in [6.45, 7) is 5.12. The van der Waals surface area contributed by atoms with Crippen LogP contribution in [0.5, 0.6) is 0 Å². The van der Waals surface area contributed by atoms with Gasteiger partial charge in [0.2, 0.25) is 5.91 Å². The summed E-state index contributed by atoms with van der Waals surface area (Å²) in [4.78, 5) is 12.3. The number of nitrogens with one attached hydrogen (secondary N) is 1. The van der Waals surface area contributed by atoms with Gasteiger partial charge in [-0.15, -0.1) is 0 Å². The van der Waals surface area contributed by atoms with Gasteiger partial charge in [-0.25, -0.2) is 0 Å². The number of amides is 1. The van der Waals surface area contributed by atoms with Gasteiger partial charge in [0.15, 0.2) is 0 Å². The molecule has 3 N–H and O–H groups in total. The minimum absolute atomic E-state index is 0.0825. The van der Waals surface area contributed by atoms with Crippen molar-refractivity contribution in [3.63, 3.8) is 0 Å². The average Bonchev–Trinajstić information content (AvgIpc) is 2.39. The van der Waals surface area contributed by atoms with Crippen molar-refractivity contribution in [3.05, 3.63) is 35.9 Å². The highest BCUT2D eigenvalue weighted by Gasteiger charge is 2.36. The number of hydrogen-bond acceptors (Lipinski definition) is 2. The summed E-state index contributed by atoms with van der Waals surface area (Å²) in [5.74, 6) is 0.0825. The Hall–Kier alpha value is -1.35. The first-order chi connectivity index (χ1) is 8.21. The lowest BCUT2D eigenvalue weighted by Crippen LogP contribution is -2.45. The Balaban J connectivity index is 3.01. The molecule has 0 bridgehead atoms. The summed E-state index contributed by atoms with van der Waals surface area (Å²) in [6, 6.07) is 9.97. The Morgan fingerprint density at radius 1 is 1.24 bits per heavy atom. The summed E-state index contributed by atoms with van der Waals surface area (Å²) in [7, 11) is 0. The summed E-state index contributed by atoms with van der Waals surface area (Å²) < 4.78 is 0. The van der Waals surface area contributed by atoms with E-state index in [9.17, 15) is 4.79 Å². The van der Waals surface area contributed by atoms with E-state index in [0.717, 1.165) is 18.4 Å². The van der Waals surface area contributed by atoms with Gasteiger partial charge in [0.05, 0.1) is 5.41 Å². The minimum atomic E-state index is -0.420. The second kappa shape index (κ2) is 6.40. The number of rotatable bonds is 6. The van der Waals surface area contributed by atoms with Crippen molar-refractivity contribution in [1.82, 2.24) is 5.32 Å². The van der Waals surface area contributed by atoms with E-state index < -0.39 is 5.41 Å². The predicted molar refractivity (Wildman–Crippen MR) is 70.8 cm³/mol. The largest absolute Gasteiger partial charge is 0.354 e. The monoisotopic (exact) mass is 234 g/mol. The molecule has 17 heavy (non-hydrogen) atoms. The lowest BCUT2D eigenvalue weighted by molar-refractivity contribution is -0.127. The Kier molecular flexibility index (Phi) is 5.16. The van der Waals surface area contributed by atoms with E-state index in [4.69, 9.17) is 5.73 Å². The van der Waals surface area contributed by atoms with Gasteiger partial charge in [0.1, 0.15) is 0 Å². The van der Waals surface area contributed by atoms with E-state index >= 15 is 0 Å². The van der Waals surface area contributed by atoms with Crippen LogP contribution >= 0.6 is 0 Å². The third kappa shape index (κ3) is 2.86. The smallest absolute Gasteiger partial charge is 0.230 e. The molecule has 3 nitrogen and oxygen atoms in total. The molecule has 0 fully saturated rings. The first kappa shape index (κ1) is 13.7. The van der Waals surface area contributed by atoms with Crippen molar-refractivity contribution in [3.8, 4) is 0 Å². The maximum absolute atomic E-state index is 12.3. The highest BCUT2D eigenvalue weighted by atomic mass is 16.2. The van der Waals surface area contributed by atoms with E-state index in [2.05, 4.69) is 19.2 Å². The van der Waals surface area contributed by atoms with Crippen molar-refractivity contribution >= 4 is 5.91 Å². The van der Waals surface area contributed by atoms with Crippen molar-refractivity contribution in [2.45, 2.75) is 32.1 Å². The van der Waals surface area contributed by atoms with Crippen LogP contribution in [0.4, 0.5) is 0 Å². The zero-order valence-corrected chi connectivity index (χ0v) is 10.7. The van der Waals surface area contributed by atoms with Crippen molar-refractivity contribution in [1.29, 1.82) is 0 Å². The molecule has 0 atom stereocenters. The van der Waals surface area contributed by atoms with Crippen LogP contribution in [0.15, 0.2) is 30.3 Å². The number of carbonyl (C=O) groups excluding carboxylic acids is 1. The molecule has 0 spiro atoms. The number of benzene rings is 1. The average molecular weight is 234 g/mol. The zero-order valence-electron chi connectivity index (χ0n) is 10.7. The fourth-order valence-corrected chi connectivity index (χ4v) is 2.22. The maximum Gasteiger partial charge on any atom is 0.230 e. The van der Waals surface area contributed by atoms with Gasteiger partial charge in [-0.2, -0.15) is 0 Å². The first-order valence-corrected chi connectivity index (χ1v) is 6.25. The van der Waals surface area contributed by atoms with Gasteiger partial charge in [-0.05, 0) is 18.4 Å². The first-order valence-electron chi connectivity index (χ1n) is 6.25. The minimum Gasteiger partial charge on any atom is -0.354 e. The summed E-state index contributed by atoms with van der Waals surface area (Å²) in [5, 5.41) is 2.91.